The number of carboxylic acids is 1. The van der Waals surface area contributed by atoms with E-state index < -0.39 is 16.0 Å². The van der Waals surface area contributed by atoms with Gasteiger partial charge in [0.2, 0.25) is 0 Å². The zero-order valence-electron chi connectivity index (χ0n) is 13.6. The topological polar surface area (TPSA) is 114 Å². The van der Waals surface area contributed by atoms with E-state index in [9.17, 15) is 18.3 Å². The smallest absolute Gasteiger partial charge is 0.338 e. The summed E-state index contributed by atoms with van der Waals surface area (Å²) < 4.78 is 38.9. The van der Waals surface area contributed by atoms with Crippen LogP contribution in [0.4, 0.5) is 5.69 Å². The summed E-state index contributed by atoms with van der Waals surface area (Å²) in [4.78, 5) is 12.4. The third-order valence-corrected chi connectivity index (χ3v) is 7.28. The van der Waals surface area contributed by atoms with E-state index in [1.807, 2.05) is 0 Å². The van der Waals surface area contributed by atoms with Gasteiger partial charge in [-0.15, -0.1) is 11.3 Å². The van der Waals surface area contributed by atoms with Crippen molar-refractivity contribution >= 4 is 33.0 Å². The maximum atomic E-state index is 12.9. The van der Waals surface area contributed by atoms with Gasteiger partial charge >= 0.3 is 5.97 Å². The molecule has 3 heterocycles. The van der Waals surface area contributed by atoms with Crippen LogP contribution in [-0.2, 0) is 23.0 Å². The number of nitrogens with one attached hydrogen (secondary N) is 2. The molecule has 0 fully saturated rings. The minimum absolute atomic E-state index is 0.128. The molecule has 0 saturated carbocycles. The Morgan fingerprint density at radius 3 is 2.77 bits per heavy atom. The van der Waals surface area contributed by atoms with Gasteiger partial charge in [-0.25, -0.2) is 13.2 Å². The minimum atomic E-state index is -4.05. The van der Waals surface area contributed by atoms with Crippen LogP contribution in [-0.4, -0.2) is 39.3 Å². The van der Waals surface area contributed by atoms with Crippen molar-refractivity contribution < 1.29 is 27.8 Å². The lowest BCUT2D eigenvalue weighted by atomic mass is 10.1. The summed E-state index contributed by atoms with van der Waals surface area (Å²) >= 11 is 0.996. The number of carbonyl (C=O) groups is 1. The highest BCUT2D eigenvalue weighted by Gasteiger charge is 2.32. The fourth-order valence-electron chi connectivity index (χ4n) is 3.02. The molecular weight excluding hydrogens is 380 g/mol. The first-order chi connectivity index (χ1) is 12.5. The van der Waals surface area contributed by atoms with Crippen LogP contribution < -0.4 is 19.5 Å². The molecule has 0 radical (unpaired) electrons. The van der Waals surface area contributed by atoms with Crippen molar-refractivity contribution in [1.29, 1.82) is 0 Å². The van der Waals surface area contributed by atoms with Gasteiger partial charge < -0.3 is 19.9 Å². The number of fused-ring (bicyclic) bond motifs is 2. The van der Waals surface area contributed by atoms with Crippen molar-refractivity contribution in [1.82, 2.24) is 5.32 Å². The highest BCUT2D eigenvalue weighted by Crippen LogP contribution is 2.37. The van der Waals surface area contributed by atoms with E-state index in [2.05, 4.69) is 10.0 Å². The summed E-state index contributed by atoms with van der Waals surface area (Å²) in [6.45, 7) is 1.92. The third-order valence-electron chi connectivity index (χ3n) is 4.15. The van der Waals surface area contributed by atoms with Crippen molar-refractivity contribution in [3.8, 4) is 11.5 Å². The first-order valence-electron chi connectivity index (χ1n) is 7.97. The van der Waals surface area contributed by atoms with Crippen molar-refractivity contribution in [2.24, 2.45) is 0 Å². The summed E-state index contributed by atoms with van der Waals surface area (Å²) in [7, 11) is -4.05. The van der Waals surface area contributed by atoms with Crippen molar-refractivity contribution in [2.75, 3.05) is 24.5 Å². The Morgan fingerprint density at radius 1 is 1.23 bits per heavy atom. The number of carboxylic acid groups (broad SMARTS) is 1. The first-order valence-corrected chi connectivity index (χ1v) is 10.3. The number of ether oxygens (including phenoxy) is 2. The standard InChI is InChI=1S/C16H16N2O6S2/c19-15(20)14-10-3-4-17-8-13(10)25-16(14)26(21,22)18-9-1-2-11-12(7-9)24-6-5-23-11/h1-2,7,17-18H,3-6,8H2,(H,19,20). The average Bonchev–Trinajstić information content (AvgIpc) is 3.02. The van der Waals surface area contributed by atoms with Gasteiger partial charge in [0.1, 0.15) is 13.2 Å². The molecule has 4 rings (SSSR count). The molecule has 2 aliphatic heterocycles. The van der Waals surface area contributed by atoms with Crippen LogP contribution in [0.2, 0.25) is 0 Å². The number of hydrogen-bond acceptors (Lipinski definition) is 7. The molecule has 0 unspecified atom stereocenters. The van der Waals surface area contributed by atoms with Gasteiger partial charge in [-0.2, -0.15) is 0 Å². The fraction of sp³-hybridized carbons (Fsp3) is 0.312. The SMILES string of the molecule is O=C(O)c1c(S(=O)(=O)Nc2ccc3c(c2)OCCO3)sc2c1CCNC2. The zero-order valence-corrected chi connectivity index (χ0v) is 15.2. The molecule has 2 aromatic rings. The molecule has 138 valence electrons. The second kappa shape index (κ2) is 6.45. The number of anilines is 1. The predicted molar refractivity (Wildman–Crippen MR) is 94.9 cm³/mol. The quantitative estimate of drug-likeness (QED) is 0.720. The third kappa shape index (κ3) is 3.00. The van der Waals surface area contributed by atoms with Gasteiger partial charge in [0, 0.05) is 17.5 Å². The second-order valence-electron chi connectivity index (χ2n) is 5.86. The molecule has 26 heavy (non-hydrogen) atoms. The lowest BCUT2D eigenvalue weighted by Gasteiger charge is -2.19. The molecule has 2 aliphatic rings. The number of rotatable bonds is 4. The van der Waals surface area contributed by atoms with Crippen molar-refractivity contribution in [3.05, 3.63) is 34.2 Å². The lowest BCUT2D eigenvalue weighted by molar-refractivity contribution is 0.0692. The van der Waals surface area contributed by atoms with Gasteiger partial charge in [0.15, 0.2) is 15.7 Å². The van der Waals surface area contributed by atoms with Crippen LogP contribution in [0.3, 0.4) is 0 Å². The van der Waals surface area contributed by atoms with Crippen LogP contribution in [0.25, 0.3) is 0 Å². The highest BCUT2D eigenvalue weighted by atomic mass is 32.2. The number of thiophene rings is 1. The summed E-state index contributed by atoms with van der Waals surface area (Å²) in [6, 6.07) is 4.70. The molecule has 0 saturated heterocycles. The van der Waals surface area contributed by atoms with E-state index in [0.29, 0.717) is 49.8 Å². The Bertz CT molecular complexity index is 983. The fourth-order valence-corrected chi connectivity index (χ4v) is 5.94. The van der Waals surface area contributed by atoms with Crippen LogP contribution >= 0.6 is 11.3 Å². The summed E-state index contributed by atoms with van der Waals surface area (Å²) in [5, 5.41) is 12.7. The lowest BCUT2D eigenvalue weighted by Crippen LogP contribution is -2.23. The molecule has 1 aromatic heterocycles. The van der Waals surface area contributed by atoms with Gasteiger partial charge in [-0.05, 0) is 30.7 Å². The molecule has 0 amide bonds. The molecule has 1 aromatic carbocycles. The number of benzene rings is 1. The molecule has 0 aliphatic carbocycles. The van der Waals surface area contributed by atoms with Crippen LogP contribution in [0.5, 0.6) is 11.5 Å². The monoisotopic (exact) mass is 396 g/mol. The minimum Gasteiger partial charge on any atom is -0.486 e. The summed E-state index contributed by atoms with van der Waals surface area (Å²) in [6.07, 6.45) is 0.493. The van der Waals surface area contributed by atoms with E-state index in [1.54, 1.807) is 12.1 Å². The van der Waals surface area contributed by atoms with Gasteiger partial charge in [-0.1, -0.05) is 0 Å². The molecule has 3 N–H and O–H groups in total. The van der Waals surface area contributed by atoms with E-state index >= 15 is 0 Å². The van der Waals surface area contributed by atoms with E-state index in [4.69, 9.17) is 9.47 Å². The Balaban J connectivity index is 1.71. The number of hydrogen-bond donors (Lipinski definition) is 3. The predicted octanol–water partition coefficient (Wildman–Crippen LogP) is 1.66. The highest BCUT2D eigenvalue weighted by molar-refractivity contribution is 7.94. The van der Waals surface area contributed by atoms with Crippen molar-refractivity contribution in [2.45, 2.75) is 17.2 Å². The summed E-state index contributed by atoms with van der Waals surface area (Å²) in [5.41, 5.74) is 0.760. The average molecular weight is 396 g/mol. The van der Waals surface area contributed by atoms with Gasteiger partial charge in [0.25, 0.3) is 10.0 Å². The Labute approximate surface area is 153 Å². The second-order valence-corrected chi connectivity index (χ2v) is 8.84. The maximum Gasteiger partial charge on any atom is 0.338 e. The largest absolute Gasteiger partial charge is 0.486 e. The molecule has 0 bridgehead atoms. The number of aromatic carboxylic acids is 1. The van der Waals surface area contributed by atoms with Gasteiger partial charge in [-0.3, -0.25) is 4.72 Å². The van der Waals surface area contributed by atoms with Crippen LogP contribution in [0, 0.1) is 0 Å². The zero-order chi connectivity index (χ0) is 18.3. The molecule has 0 atom stereocenters. The van der Waals surface area contributed by atoms with Gasteiger partial charge in [0.05, 0.1) is 11.3 Å². The molecule has 0 spiro atoms. The van der Waals surface area contributed by atoms with E-state index in [-0.39, 0.29) is 15.5 Å². The van der Waals surface area contributed by atoms with Crippen molar-refractivity contribution in [3.63, 3.8) is 0 Å². The molecule has 10 heteroatoms. The Morgan fingerprint density at radius 2 is 2.00 bits per heavy atom. The molecule has 8 nitrogen and oxygen atoms in total. The Kier molecular flexibility index (Phi) is 4.25. The van der Waals surface area contributed by atoms with E-state index in [0.717, 1.165) is 16.2 Å². The Hall–Kier alpha value is -2.30. The van der Waals surface area contributed by atoms with Crippen LogP contribution in [0.1, 0.15) is 20.8 Å². The summed E-state index contributed by atoms with van der Waals surface area (Å²) in [5.74, 6) is -0.236. The number of sulfonamides is 1. The maximum absolute atomic E-state index is 12.9. The normalized spacial score (nSPS) is 16.0. The molecular formula is C16H16N2O6S2. The van der Waals surface area contributed by atoms with Crippen LogP contribution in [0.15, 0.2) is 22.4 Å². The first kappa shape index (κ1) is 17.1. The van der Waals surface area contributed by atoms with E-state index in [1.165, 1.54) is 6.07 Å².